The van der Waals surface area contributed by atoms with E-state index >= 15 is 0 Å². The van der Waals surface area contributed by atoms with E-state index in [1.165, 1.54) is 88.8 Å². The van der Waals surface area contributed by atoms with Crippen molar-refractivity contribution in [3.05, 3.63) is 193 Å². The number of aromatic nitrogens is 1. The minimum absolute atomic E-state index is 0.210. The molecule has 0 spiro atoms. The molecule has 8 aromatic carbocycles. The highest BCUT2D eigenvalue weighted by atomic mass is 15.2. The minimum atomic E-state index is -0.210. The average molecular weight is 677 g/mol. The van der Waals surface area contributed by atoms with Crippen LogP contribution in [-0.2, 0) is 5.41 Å². The SMILES string of the molecule is CC1(C)c2ccccc2N(c2ccccc2)c2cc3c(cc21)-c1ccccc1-c1ccc(-n2c4ccccc4c4ccccc42)cc1-c1ccccc1-3. The molecule has 0 N–H and O–H groups in total. The maximum atomic E-state index is 2.50. The van der Waals surface area contributed by atoms with Gasteiger partial charge in [0.15, 0.2) is 0 Å². The molecule has 1 aromatic heterocycles. The third-order valence-corrected chi connectivity index (χ3v) is 11.7. The number of fused-ring (bicyclic) bond motifs is 13. The van der Waals surface area contributed by atoms with Crippen LogP contribution in [0.25, 0.3) is 72.0 Å². The molecule has 53 heavy (non-hydrogen) atoms. The molecule has 2 aliphatic rings. The van der Waals surface area contributed by atoms with E-state index in [1.807, 2.05) is 0 Å². The summed E-state index contributed by atoms with van der Waals surface area (Å²) in [6, 6.07) is 67.4. The molecule has 2 heterocycles. The van der Waals surface area contributed by atoms with Crippen molar-refractivity contribution in [1.29, 1.82) is 0 Å². The van der Waals surface area contributed by atoms with Gasteiger partial charge in [-0.3, -0.25) is 0 Å². The molecule has 0 saturated heterocycles. The Labute approximate surface area is 309 Å². The van der Waals surface area contributed by atoms with Crippen LogP contribution in [-0.4, -0.2) is 4.57 Å². The molecule has 0 bridgehead atoms. The topological polar surface area (TPSA) is 8.17 Å². The molecule has 0 saturated carbocycles. The van der Waals surface area contributed by atoms with Crippen LogP contribution in [0, 0.1) is 0 Å². The van der Waals surface area contributed by atoms with Gasteiger partial charge in [0.25, 0.3) is 0 Å². The van der Waals surface area contributed by atoms with Gasteiger partial charge in [-0.05, 0) is 110 Å². The molecular weight excluding hydrogens is 641 g/mol. The van der Waals surface area contributed by atoms with Crippen LogP contribution in [0.3, 0.4) is 0 Å². The number of rotatable bonds is 2. The van der Waals surface area contributed by atoms with Crippen molar-refractivity contribution in [2.45, 2.75) is 19.3 Å². The number of benzene rings is 8. The second-order valence-corrected chi connectivity index (χ2v) is 14.9. The van der Waals surface area contributed by atoms with Crippen LogP contribution in [0.2, 0.25) is 0 Å². The van der Waals surface area contributed by atoms with Gasteiger partial charge >= 0.3 is 0 Å². The zero-order chi connectivity index (χ0) is 35.3. The maximum absolute atomic E-state index is 2.50. The molecule has 2 heteroatoms. The van der Waals surface area contributed by atoms with Crippen LogP contribution in [0.4, 0.5) is 17.1 Å². The summed E-state index contributed by atoms with van der Waals surface area (Å²) in [6.07, 6.45) is 0. The molecule has 0 unspecified atom stereocenters. The predicted molar refractivity (Wildman–Crippen MR) is 223 cm³/mol. The van der Waals surface area contributed by atoms with E-state index in [0.717, 1.165) is 11.4 Å². The van der Waals surface area contributed by atoms with Crippen LogP contribution >= 0.6 is 0 Å². The number of hydrogen-bond acceptors (Lipinski definition) is 1. The van der Waals surface area contributed by atoms with E-state index in [0.29, 0.717) is 0 Å². The molecule has 1 aliphatic carbocycles. The van der Waals surface area contributed by atoms with Crippen LogP contribution in [0.5, 0.6) is 0 Å². The lowest BCUT2D eigenvalue weighted by Crippen LogP contribution is -2.30. The summed E-state index contributed by atoms with van der Waals surface area (Å²) in [7, 11) is 0. The van der Waals surface area contributed by atoms with Gasteiger partial charge in [0.2, 0.25) is 0 Å². The van der Waals surface area contributed by atoms with Gasteiger partial charge in [0.05, 0.1) is 22.4 Å². The summed E-state index contributed by atoms with van der Waals surface area (Å²) >= 11 is 0. The van der Waals surface area contributed by atoms with E-state index in [4.69, 9.17) is 0 Å². The van der Waals surface area contributed by atoms with Crippen LogP contribution in [0.1, 0.15) is 25.0 Å². The Balaban J connectivity index is 1.22. The number of anilines is 3. The lowest BCUT2D eigenvalue weighted by Gasteiger charge is -2.43. The van der Waals surface area contributed by atoms with E-state index in [-0.39, 0.29) is 5.41 Å². The summed E-state index contributed by atoms with van der Waals surface area (Å²) < 4.78 is 2.43. The normalized spacial score (nSPS) is 13.6. The van der Waals surface area contributed by atoms with Gasteiger partial charge in [0.1, 0.15) is 0 Å². The Kier molecular flexibility index (Phi) is 6.33. The molecule has 1 aliphatic heterocycles. The van der Waals surface area contributed by atoms with E-state index < -0.39 is 0 Å². The second kappa shape index (κ2) is 11.2. The molecule has 9 aromatic rings. The zero-order valence-corrected chi connectivity index (χ0v) is 29.7. The molecule has 0 radical (unpaired) electrons. The van der Waals surface area contributed by atoms with Crippen molar-refractivity contribution >= 4 is 38.9 Å². The third kappa shape index (κ3) is 4.27. The quantitative estimate of drug-likeness (QED) is 0.177. The molecule has 0 atom stereocenters. The lowest BCUT2D eigenvalue weighted by atomic mass is 9.71. The first-order chi connectivity index (χ1) is 26.1. The summed E-state index contributed by atoms with van der Waals surface area (Å²) in [5.74, 6) is 0. The van der Waals surface area contributed by atoms with Gasteiger partial charge in [-0.2, -0.15) is 0 Å². The highest BCUT2D eigenvalue weighted by molar-refractivity contribution is 6.10. The van der Waals surface area contributed by atoms with E-state index in [1.54, 1.807) is 0 Å². The second-order valence-electron chi connectivity index (χ2n) is 14.9. The van der Waals surface area contributed by atoms with Gasteiger partial charge < -0.3 is 9.47 Å². The van der Waals surface area contributed by atoms with Crippen molar-refractivity contribution in [2.75, 3.05) is 4.90 Å². The number of hydrogen-bond donors (Lipinski definition) is 0. The largest absolute Gasteiger partial charge is 0.310 e. The smallest absolute Gasteiger partial charge is 0.0541 e. The zero-order valence-electron chi connectivity index (χ0n) is 29.7. The highest BCUT2D eigenvalue weighted by Gasteiger charge is 2.38. The van der Waals surface area contributed by atoms with E-state index in [9.17, 15) is 0 Å². The first kappa shape index (κ1) is 30.0. The summed E-state index contributed by atoms with van der Waals surface area (Å²) in [5, 5.41) is 2.54. The Morgan fingerprint density at radius 3 is 1.49 bits per heavy atom. The van der Waals surface area contributed by atoms with E-state index in [2.05, 4.69) is 205 Å². The Morgan fingerprint density at radius 2 is 0.830 bits per heavy atom. The average Bonchev–Trinajstić information content (AvgIpc) is 3.55. The number of para-hydroxylation sites is 4. The van der Waals surface area contributed by atoms with Crippen LogP contribution < -0.4 is 4.90 Å². The van der Waals surface area contributed by atoms with Crippen molar-refractivity contribution in [1.82, 2.24) is 4.57 Å². The standard InChI is InChI=1S/C51H36N2/c1-51(2)45-24-12-15-27-49(45)52(33-16-4-3-5-17-33)50-32-44-38-21-9-8-20-37(38)42-30-34(53-47-25-13-10-22-40(47)41-23-11-14-26-48(41)53)28-29-39(42)35-18-6-7-19-36(35)43(44)31-46(50)51/h3-32H,1-2H3. The highest BCUT2D eigenvalue weighted by Crippen LogP contribution is 2.56. The van der Waals surface area contributed by atoms with Gasteiger partial charge in [-0.1, -0.05) is 141 Å². The molecule has 250 valence electrons. The monoisotopic (exact) mass is 676 g/mol. The summed E-state index contributed by atoms with van der Waals surface area (Å²) in [5.41, 5.74) is 19.7. The summed E-state index contributed by atoms with van der Waals surface area (Å²) in [6.45, 7) is 4.77. The van der Waals surface area contributed by atoms with Crippen LogP contribution in [0.15, 0.2) is 182 Å². The van der Waals surface area contributed by atoms with Gasteiger partial charge in [-0.15, -0.1) is 0 Å². The maximum Gasteiger partial charge on any atom is 0.0541 e. The molecule has 0 fully saturated rings. The van der Waals surface area contributed by atoms with Gasteiger partial charge in [0, 0.05) is 27.6 Å². The molecule has 11 rings (SSSR count). The molecular formula is C51H36N2. The molecule has 0 amide bonds. The fourth-order valence-electron chi connectivity index (χ4n) is 9.28. The van der Waals surface area contributed by atoms with Gasteiger partial charge in [-0.25, -0.2) is 0 Å². The Hall–Kier alpha value is -6.64. The number of nitrogens with zero attached hydrogens (tertiary/aromatic N) is 2. The minimum Gasteiger partial charge on any atom is -0.310 e. The third-order valence-electron chi connectivity index (χ3n) is 11.7. The van der Waals surface area contributed by atoms with Crippen molar-refractivity contribution < 1.29 is 0 Å². The fraction of sp³-hybridized carbons (Fsp3) is 0.0588. The predicted octanol–water partition coefficient (Wildman–Crippen LogP) is 13.9. The summed E-state index contributed by atoms with van der Waals surface area (Å²) in [4.78, 5) is 2.47. The fourth-order valence-corrected chi connectivity index (χ4v) is 9.28. The molecule has 2 nitrogen and oxygen atoms in total. The van der Waals surface area contributed by atoms with Crippen molar-refractivity contribution in [3.8, 4) is 50.2 Å². The first-order valence-corrected chi connectivity index (χ1v) is 18.5. The Morgan fingerprint density at radius 1 is 0.340 bits per heavy atom. The van der Waals surface area contributed by atoms with Crippen molar-refractivity contribution in [2.24, 2.45) is 0 Å². The first-order valence-electron chi connectivity index (χ1n) is 18.5. The Bertz CT molecular complexity index is 2870. The van der Waals surface area contributed by atoms with Crippen molar-refractivity contribution in [3.63, 3.8) is 0 Å². The lowest BCUT2D eigenvalue weighted by molar-refractivity contribution is 0.632.